The van der Waals surface area contributed by atoms with Crippen LogP contribution >= 0.6 is 7.82 Å². The zero-order valence-corrected chi connectivity index (χ0v) is 17.5. The molecular weight excluding hydrogens is 473 g/mol. The van der Waals surface area contributed by atoms with Gasteiger partial charge < -0.3 is 50.2 Å². The quantitative estimate of drug-likeness (QED) is 0.170. The van der Waals surface area contributed by atoms with Crippen molar-refractivity contribution in [2.75, 3.05) is 18.9 Å². The zero-order valence-electron chi connectivity index (χ0n) is 16.6. The number of nitrogens with two attached hydrogens (primary N) is 1. The lowest BCUT2D eigenvalue weighted by molar-refractivity contribution is -0.219. The van der Waals surface area contributed by atoms with E-state index in [-0.39, 0.29) is 17.1 Å². The van der Waals surface area contributed by atoms with Crippen LogP contribution < -0.4 is 11.3 Å². The summed E-state index contributed by atoms with van der Waals surface area (Å²) in [6, 6.07) is 0. The molecule has 2 aliphatic heterocycles. The van der Waals surface area contributed by atoms with Crippen LogP contribution in [0.1, 0.15) is 6.23 Å². The highest BCUT2D eigenvalue weighted by atomic mass is 31.2. The van der Waals surface area contributed by atoms with Gasteiger partial charge >= 0.3 is 7.82 Å². The van der Waals surface area contributed by atoms with Crippen molar-refractivity contribution in [2.24, 2.45) is 0 Å². The number of hydrogen-bond acceptors (Lipinski definition) is 13. The maximum absolute atomic E-state index is 12.1. The van der Waals surface area contributed by atoms with E-state index in [1.54, 1.807) is 0 Å². The monoisotopic (exact) mass is 495 g/mol. The first-order valence-electron chi connectivity index (χ1n) is 9.54. The van der Waals surface area contributed by atoms with Gasteiger partial charge in [0.2, 0.25) is 5.95 Å². The average molecular weight is 495 g/mol. The molecule has 2 fully saturated rings. The number of nitrogens with one attached hydrogen (secondary N) is 1. The molecule has 18 heteroatoms. The van der Waals surface area contributed by atoms with Gasteiger partial charge in [0, 0.05) is 0 Å². The van der Waals surface area contributed by atoms with Crippen molar-refractivity contribution in [1.29, 1.82) is 0 Å². The molecule has 4 rings (SSSR count). The number of hydrogen-bond donors (Lipinski definition) is 8. The Morgan fingerprint density at radius 3 is 2.55 bits per heavy atom. The fourth-order valence-corrected chi connectivity index (χ4v) is 4.00. The number of ether oxygens (including phenoxy) is 3. The van der Waals surface area contributed by atoms with Crippen LogP contribution in [0.3, 0.4) is 0 Å². The van der Waals surface area contributed by atoms with Gasteiger partial charge in [-0.05, 0) is 0 Å². The molecule has 2 aromatic heterocycles. The summed E-state index contributed by atoms with van der Waals surface area (Å²) < 4.78 is 33.3. The molecule has 9 N–H and O–H groups in total. The largest absolute Gasteiger partial charge is 0.469 e. The molecule has 2 saturated heterocycles. The van der Waals surface area contributed by atoms with Crippen molar-refractivity contribution >= 4 is 24.9 Å². The van der Waals surface area contributed by atoms with E-state index in [0.717, 1.165) is 6.33 Å². The summed E-state index contributed by atoms with van der Waals surface area (Å²) in [7, 11) is -4.91. The number of anilines is 1. The molecule has 0 saturated carbocycles. The molecule has 0 radical (unpaired) electrons. The maximum atomic E-state index is 12.1. The van der Waals surface area contributed by atoms with Crippen LogP contribution in [0.5, 0.6) is 0 Å². The van der Waals surface area contributed by atoms with E-state index in [4.69, 9.17) is 29.7 Å². The van der Waals surface area contributed by atoms with Crippen molar-refractivity contribution in [1.82, 2.24) is 19.5 Å². The minimum absolute atomic E-state index is 0.0558. The van der Waals surface area contributed by atoms with Crippen LogP contribution in [-0.2, 0) is 23.3 Å². The van der Waals surface area contributed by atoms with Gasteiger partial charge in [0.1, 0.15) is 36.6 Å². The Morgan fingerprint density at radius 2 is 1.91 bits per heavy atom. The van der Waals surface area contributed by atoms with Gasteiger partial charge in [-0.15, -0.1) is 0 Å². The number of aliphatic hydroxyl groups is 4. The van der Waals surface area contributed by atoms with Crippen molar-refractivity contribution in [2.45, 2.75) is 49.1 Å². The van der Waals surface area contributed by atoms with Crippen LogP contribution in [0.4, 0.5) is 5.95 Å². The Balaban J connectivity index is 1.67. The topological polar surface area (TPSA) is 265 Å². The fraction of sp³-hybridized carbons (Fsp3) is 0.667. The molecule has 184 valence electrons. The third kappa shape index (κ3) is 4.66. The average Bonchev–Trinajstić information content (AvgIpc) is 3.37. The normalized spacial score (nSPS) is 35.0. The number of aromatic nitrogens is 4. The van der Waals surface area contributed by atoms with Gasteiger partial charge in [-0.3, -0.25) is 18.9 Å². The third-order valence-electron chi connectivity index (χ3n) is 5.23. The molecule has 0 bridgehead atoms. The number of H-pyrrole nitrogens is 1. The number of nitrogens with zero attached hydrogens (tertiary/aromatic N) is 3. The number of fused-ring (bicyclic) bond motifs is 1. The van der Waals surface area contributed by atoms with Crippen molar-refractivity contribution in [3.05, 3.63) is 16.7 Å². The molecule has 0 spiro atoms. The van der Waals surface area contributed by atoms with Gasteiger partial charge in [0.05, 0.1) is 19.5 Å². The van der Waals surface area contributed by atoms with Crippen molar-refractivity contribution in [3.63, 3.8) is 0 Å². The Hall–Kier alpha value is -2.02. The number of aromatic amines is 1. The van der Waals surface area contributed by atoms with E-state index in [1.165, 1.54) is 4.57 Å². The highest BCUT2D eigenvalue weighted by Crippen LogP contribution is 2.40. The number of rotatable bonds is 7. The third-order valence-corrected chi connectivity index (χ3v) is 5.72. The van der Waals surface area contributed by atoms with Crippen LogP contribution in [0, 0.1) is 0 Å². The molecule has 33 heavy (non-hydrogen) atoms. The number of aliphatic hydroxyl groups excluding tert-OH is 4. The number of phosphoric ester groups is 1. The second kappa shape index (κ2) is 8.97. The summed E-state index contributed by atoms with van der Waals surface area (Å²) in [5, 5.41) is 40.2. The van der Waals surface area contributed by atoms with Gasteiger partial charge in [-0.25, -0.2) is 9.55 Å². The van der Waals surface area contributed by atoms with Crippen LogP contribution in [0.2, 0.25) is 0 Å². The van der Waals surface area contributed by atoms with Gasteiger partial charge in [-0.1, -0.05) is 0 Å². The lowest BCUT2D eigenvalue weighted by Crippen LogP contribution is -2.42. The Labute approximate surface area is 183 Å². The van der Waals surface area contributed by atoms with Gasteiger partial charge in [-0.2, -0.15) is 4.98 Å². The van der Waals surface area contributed by atoms with E-state index in [9.17, 15) is 29.8 Å². The molecule has 8 atom stereocenters. The SMILES string of the molecule is Nc1nc2c(ncn2[C@@H]2O[C@H](COP(=O)(O)O)[C@H](O)[C@H]2OC2O[C@H](CO)[C@@H](O)[C@H]2O)c(=O)[nH]1. The molecule has 2 aliphatic rings. The lowest BCUT2D eigenvalue weighted by Gasteiger charge is -2.26. The highest BCUT2D eigenvalue weighted by molar-refractivity contribution is 7.46. The van der Waals surface area contributed by atoms with E-state index >= 15 is 0 Å². The Kier molecular flexibility index (Phi) is 6.56. The molecule has 4 heterocycles. The molecule has 0 amide bonds. The first-order chi connectivity index (χ1) is 15.5. The lowest BCUT2D eigenvalue weighted by atomic mass is 10.1. The van der Waals surface area contributed by atoms with Crippen LogP contribution in [0.25, 0.3) is 11.2 Å². The smallest absolute Gasteiger partial charge is 0.394 e. The first kappa shape index (κ1) is 24.1. The highest BCUT2D eigenvalue weighted by Gasteiger charge is 2.51. The molecule has 2 aromatic rings. The van der Waals surface area contributed by atoms with E-state index in [0.29, 0.717) is 0 Å². The summed E-state index contributed by atoms with van der Waals surface area (Å²) in [4.78, 5) is 40.2. The molecule has 0 aliphatic carbocycles. The van der Waals surface area contributed by atoms with Crippen molar-refractivity contribution in [3.8, 4) is 0 Å². The minimum Gasteiger partial charge on any atom is -0.394 e. The maximum Gasteiger partial charge on any atom is 0.469 e. The van der Waals surface area contributed by atoms with Crippen molar-refractivity contribution < 1.29 is 53.5 Å². The number of imidazole rings is 1. The first-order valence-corrected chi connectivity index (χ1v) is 11.1. The number of phosphoric acid groups is 1. The van der Waals surface area contributed by atoms with E-state index < -0.39 is 75.7 Å². The summed E-state index contributed by atoms with van der Waals surface area (Å²) in [6.45, 7) is -1.37. The predicted molar refractivity (Wildman–Crippen MR) is 103 cm³/mol. The summed E-state index contributed by atoms with van der Waals surface area (Å²) >= 11 is 0. The Morgan fingerprint density at radius 1 is 1.18 bits per heavy atom. The fourth-order valence-electron chi connectivity index (χ4n) is 3.66. The second-order valence-electron chi connectivity index (χ2n) is 7.42. The van der Waals surface area contributed by atoms with E-state index in [2.05, 4.69) is 19.5 Å². The summed E-state index contributed by atoms with van der Waals surface area (Å²) in [5.74, 6) is -0.241. The van der Waals surface area contributed by atoms with Crippen LogP contribution in [0.15, 0.2) is 11.1 Å². The second-order valence-corrected chi connectivity index (χ2v) is 8.66. The molecule has 0 aromatic carbocycles. The Bertz CT molecular complexity index is 1100. The summed E-state index contributed by atoms with van der Waals surface area (Å²) in [6.07, 6.45) is -10.3. The summed E-state index contributed by atoms with van der Waals surface area (Å²) in [5.41, 5.74) is 4.76. The molecular formula is C15H22N5O12P. The van der Waals surface area contributed by atoms with E-state index in [1.807, 2.05) is 0 Å². The zero-order chi connectivity index (χ0) is 24.1. The van der Waals surface area contributed by atoms with Gasteiger partial charge in [0.15, 0.2) is 23.7 Å². The minimum atomic E-state index is -4.91. The van der Waals surface area contributed by atoms with Crippen LogP contribution in [-0.4, -0.2) is 106 Å². The number of nitrogen functional groups attached to an aromatic ring is 1. The molecule has 1 unspecified atom stereocenters. The molecule has 17 nitrogen and oxygen atoms in total. The standard InChI is InChI=1S/C15H22N5O12P/c16-15-18-11-6(12(25)19-15)17-3-20(11)13-10(8(23)5(30-13)2-29-33(26,27)28)32-14-9(24)7(22)4(1-21)31-14/h3-5,7-10,13-14,21-24H,1-2H2,(H2,26,27,28)(H3,16,18,19,25)/t4-,5-,7-,8+,9-,10-,13-,14?/m1/s1. The van der Waals surface area contributed by atoms with Gasteiger partial charge in [0.25, 0.3) is 5.56 Å². The predicted octanol–water partition coefficient (Wildman–Crippen LogP) is -4.11.